The first-order valence-corrected chi connectivity index (χ1v) is 7.53. The molecule has 0 bridgehead atoms. The van der Waals surface area contributed by atoms with Gasteiger partial charge in [-0.15, -0.1) is 0 Å². The fraction of sp³-hybridized carbons (Fsp3) is 0.118. The second kappa shape index (κ2) is 6.80. The first-order chi connectivity index (χ1) is 11.5. The molecule has 0 fully saturated rings. The summed E-state index contributed by atoms with van der Waals surface area (Å²) in [6, 6.07) is 11.5. The molecule has 3 rings (SSSR count). The van der Waals surface area contributed by atoms with Gasteiger partial charge in [-0.25, -0.2) is 4.39 Å². The highest BCUT2D eigenvalue weighted by Crippen LogP contribution is 2.17. The number of amides is 1. The smallest absolute Gasteiger partial charge is 0.254 e. The van der Waals surface area contributed by atoms with Gasteiger partial charge in [-0.3, -0.25) is 4.79 Å². The number of carbonyl (C=O) groups excluding carboxylic acids is 1. The van der Waals surface area contributed by atoms with Crippen molar-refractivity contribution in [3.63, 3.8) is 0 Å². The highest BCUT2D eigenvalue weighted by atomic mass is 35.5. The van der Waals surface area contributed by atoms with E-state index in [-0.39, 0.29) is 23.0 Å². The molecule has 0 radical (unpaired) electrons. The molecular formula is C17H13ClFN3O2. The fourth-order valence-electron chi connectivity index (χ4n) is 2.15. The van der Waals surface area contributed by atoms with E-state index in [1.165, 1.54) is 12.1 Å². The predicted octanol–water partition coefficient (Wildman–Crippen LogP) is 3.77. The average Bonchev–Trinajstić information content (AvgIpc) is 3.01. The maximum atomic E-state index is 13.7. The van der Waals surface area contributed by atoms with Crippen LogP contribution in [0.3, 0.4) is 0 Å². The van der Waals surface area contributed by atoms with Crippen LogP contribution in [-0.2, 0) is 6.54 Å². The second-order valence-corrected chi connectivity index (χ2v) is 5.62. The molecule has 3 aromatic rings. The van der Waals surface area contributed by atoms with Crippen molar-refractivity contribution in [2.24, 2.45) is 0 Å². The molecule has 0 atom stereocenters. The minimum Gasteiger partial charge on any atom is -0.343 e. The lowest BCUT2D eigenvalue weighted by Crippen LogP contribution is -2.24. The molecule has 122 valence electrons. The number of carbonyl (C=O) groups is 1. The van der Waals surface area contributed by atoms with Crippen LogP contribution in [-0.4, -0.2) is 16.0 Å². The van der Waals surface area contributed by atoms with Crippen LogP contribution >= 0.6 is 11.6 Å². The molecule has 0 saturated carbocycles. The van der Waals surface area contributed by atoms with Crippen LogP contribution in [0.1, 0.15) is 21.8 Å². The summed E-state index contributed by atoms with van der Waals surface area (Å²) < 4.78 is 18.8. The first kappa shape index (κ1) is 16.1. The molecule has 0 aliphatic heterocycles. The van der Waals surface area contributed by atoms with E-state index < -0.39 is 11.7 Å². The fourth-order valence-corrected chi connectivity index (χ4v) is 2.31. The van der Waals surface area contributed by atoms with Crippen molar-refractivity contribution in [1.82, 2.24) is 15.5 Å². The Bertz CT molecular complexity index is 895. The van der Waals surface area contributed by atoms with Gasteiger partial charge >= 0.3 is 0 Å². The van der Waals surface area contributed by atoms with Gasteiger partial charge in [0.1, 0.15) is 5.82 Å². The zero-order chi connectivity index (χ0) is 17.1. The van der Waals surface area contributed by atoms with Gasteiger partial charge in [0.15, 0.2) is 0 Å². The van der Waals surface area contributed by atoms with Crippen LogP contribution < -0.4 is 5.32 Å². The van der Waals surface area contributed by atoms with E-state index in [2.05, 4.69) is 15.5 Å². The molecule has 5 nitrogen and oxygen atoms in total. The summed E-state index contributed by atoms with van der Waals surface area (Å²) in [6.45, 7) is 1.96. The largest absolute Gasteiger partial charge is 0.343 e. The highest BCUT2D eigenvalue weighted by molar-refractivity contribution is 6.30. The second-order valence-electron chi connectivity index (χ2n) is 5.19. The van der Waals surface area contributed by atoms with E-state index in [4.69, 9.17) is 16.1 Å². The van der Waals surface area contributed by atoms with Gasteiger partial charge in [0.05, 0.1) is 12.1 Å². The summed E-state index contributed by atoms with van der Waals surface area (Å²) >= 11 is 5.66. The lowest BCUT2D eigenvalue weighted by molar-refractivity contribution is 0.0942. The molecule has 7 heteroatoms. The van der Waals surface area contributed by atoms with Crippen LogP contribution in [0.2, 0.25) is 5.02 Å². The third-order valence-electron chi connectivity index (χ3n) is 3.32. The Morgan fingerprint density at radius 2 is 2.12 bits per heavy atom. The summed E-state index contributed by atoms with van der Waals surface area (Å²) in [7, 11) is 0. The van der Waals surface area contributed by atoms with Gasteiger partial charge in [0, 0.05) is 10.6 Å². The van der Waals surface area contributed by atoms with Crippen molar-refractivity contribution < 1.29 is 13.7 Å². The number of hydrogen-bond donors (Lipinski definition) is 1. The Hall–Kier alpha value is -2.73. The molecule has 0 aliphatic rings. The van der Waals surface area contributed by atoms with Crippen molar-refractivity contribution in [1.29, 1.82) is 0 Å². The van der Waals surface area contributed by atoms with Gasteiger partial charge in [-0.1, -0.05) is 40.5 Å². The highest BCUT2D eigenvalue weighted by Gasteiger charge is 2.14. The zero-order valence-corrected chi connectivity index (χ0v) is 13.5. The van der Waals surface area contributed by atoms with E-state index in [9.17, 15) is 9.18 Å². The maximum absolute atomic E-state index is 13.7. The number of aromatic nitrogens is 2. The standard InChI is InChI=1S/C17H13ClFN3O2/c1-10-3-2-4-11(7-10)16-21-15(24-22-16)9-20-17(23)13-6-5-12(18)8-14(13)19/h2-8H,9H2,1H3,(H,20,23). The number of rotatable bonds is 4. The van der Waals surface area contributed by atoms with Crippen molar-refractivity contribution >= 4 is 17.5 Å². The summed E-state index contributed by atoms with van der Waals surface area (Å²) in [4.78, 5) is 16.2. The SMILES string of the molecule is Cc1cccc(-c2noc(CNC(=O)c3ccc(Cl)cc3F)n2)c1. The first-order valence-electron chi connectivity index (χ1n) is 7.16. The zero-order valence-electron chi connectivity index (χ0n) is 12.7. The Balaban J connectivity index is 1.68. The van der Waals surface area contributed by atoms with E-state index in [0.29, 0.717) is 5.82 Å². The van der Waals surface area contributed by atoms with Crippen molar-refractivity contribution in [2.45, 2.75) is 13.5 Å². The number of nitrogens with zero attached hydrogens (tertiary/aromatic N) is 2. The molecule has 1 amide bonds. The van der Waals surface area contributed by atoms with Gasteiger partial charge < -0.3 is 9.84 Å². The van der Waals surface area contributed by atoms with Crippen LogP contribution in [0.15, 0.2) is 47.0 Å². The van der Waals surface area contributed by atoms with E-state index in [1.54, 1.807) is 0 Å². The lowest BCUT2D eigenvalue weighted by Gasteiger charge is -2.03. The van der Waals surface area contributed by atoms with Gasteiger partial charge in [0.25, 0.3) is 5.91 Å². The van der Waals surface area contributed by atoms with Crippen molar-refractivity contribution in [2.75, 3.05) is 0 Å². The molecule has 24 heavy (non-hydrogen) atoms. The van der Waals surface area contributed by atoms with E-state index >= 15 is 0 Å². The van der Waals surface area contributed by atoms with Gasteiger partial charge in [0.2, 0.25) is 11.7 Å². The third-order valence-corrected chi connectivity index (χ3v) is 3.56. The van der Waals surface area contributed by atoms with Gasteiger partial charge in [-0.2, -0.15) is 4.98 Å². The number of halogens is 2. The number of benzene rings is 2. The van der Waals surface area contributed by atoms with Crippen LogP contribution in [0.4, 0.5) is 4.39 Å². The quantitative estimate of drug-likeness (QED) is 0.781. The Labute approximate surface area is 142 Å². The molecule has 0 spiro atoms. The number of aryl methyl sites for hydroxylation is 1. The van der Waals surface area contributed by atoms with Crippen LogP contribution in [0.25, 0.3) is 11.4 Å². The lowest BCUT2D eigenvalue weighted by atomic mass is 10.1. The molecule has 1 heterocycles. The predicted molar refractivity (Wildman–Crippen MR) is 87.1 cm³/mol. The summed E-state index contributed by atoms with van der Waals surface area (Å²) in [5.41, 5.74) is 1.79. The van der Waals surface area contributed by atoms with Gasteiger partial charge in [-0.05, 0) is 31.2 Å². The minimum atomic E-state index is -0.689. The Morgan fingerprint density at radius 3 is 2.88 bits per heavy atom. The molecule has 1 aromatic heterocycles. The summed E-state index contributed by atoms with van der Waals surface area (Å²) in [6.07, 6.45) is 0. The monoisotopic (exact) mass is 345 g/mol. The maximum Gasteiger partial charge on any atom is 0.254 e. The molecular weight excluding hydrogens is 333 g/mol. The molecule has 2 aromatic carbocycles. The van der Waals surface area contributed by atoms with Crippen molar-refractivity contribution in [3.05, 3.63) is 70.3 Å². The third kappa shape index (κ3) is 3.60. The summed E-state index contributed by atoms with van der Waals surface area (Å²) in [5.74, 6) is -0.611. The minimum absolute atomic E-state index is 0.000282. The Morgan fingerprint density at radius 1 is 1.29 bits per heavy atom. The molecule has 1 N–H and O–H groups in total. The van der Waals surface area contributed by atoms with Crippen LogP contribution in [0.5, 0.6) is 0 Å². The normalized spacial score (nSPS) is 10.6. The molecule has 0 aliphatic carbocycles. The van der Waals surface area contributed by atoms with E-state index in [1.807, 2.05) is 31.2 Å². The van der Waals surface area contributed by atoms with Crippen molar-refractivity contribution in [3.8, 4) is 11.4 Å². The van der Waals surface area contributed by atoms with E-state index in [0.717, 1.165) is 17.2 Å². The Kier molecular flexibility index (Phi) is 4.57. The number of nitrogens with one attached hydrogen (secondary N) is 1. The topological polar surface area (TPSA) is 68.0 Å². The van der Waals surface area contributed by atoms with Crippen LogP contribution in [0, 0.1) is 12.7 Å². The number of hydrogen-bond acceptors (Lipinski definition) is 4. The average molecular weight is 346 g/mol. The molecule has 0 unspecified atom stereocenters. The molecule has 0 saturated heterocycles. The summed E-state index contributed by atoms with van der Waals surface area (Å²) in [5, 5.41) is 6.64.